The highest BCUT2D eigenvalue weighted by atomic mass is 32.2. The highest BCUT2D eigenvalue weighted by Crippen LogP contribution is 2.16. The molecular formula is C13H18O5S. The van der Waals surface area contributed by atoms with Crippen LogP contribution >= 0.6 is 0 Å². The minimum absolute atomic E-state index is 0.206. The predicted molar refractivity (Wildman–Crippen MR) is 70.9 cm³/mol. The monoisotopic (exact) mass is 286 g/mol. The van der Waals surface area contributed by atoms with Crippen LogP contribution in [-0.2, 0) is 19.4 Å². The molecule has 0 N–H and O–H groups in total. The van der Waals surface area contributed by atoms with E-state index >= 15 is 0 Å². The SMILES string of the molecule is CC(C)(C)OC(=O)COc1ccc(S(C)(=O)=O)cc1. The Balaban J connectivity index is 2.58. The van der Waals surface area contributed by atoms with Crippen LogP contribution in [0.2, 0.25) is 0 Å². The summed E-state index contributed by atoms with van der Waals surface area (Å²) in [6, 6.07) is 5.86. The molecule has 0 saturated carbocycles. The Morgan fingerprint density at radius 3 is 2.11 bits per heavy atom. The van der Waals surface area contributed by atoms with Gasteiger partial charge in [0.1, 0.15) is 11.4 Å². The molecule has 0 heterocycles. The molecule has 0 saturated heterocycles. The molecule has 0 aliphatic carbocycles. The van der Waals surface area contributed by atoms with Crippen LogP contribution in [0.5, 0.6) is 5.75 Å². The van der Waals surface area contributed by atoms with Gasteiger partial charge >= 0.3 is 5.97 Å². The summed E-state index contributed by atoms with van der Waals surface area (Å²) in [6.07, 6.45) is 1.13. The molecule has 0 unspecified atom stereocenters. The minimum Gasteiger partial charge on any atom is -0.482 e. The number of sulfone groups is 1. The van der Waals surface area contributed by atoms with Crippen molar-refractivity contribution in [1.29, 1.82) is 0 Å². The minimum atomic E-state index is -3.22. The number of hydrogen-bond donors (Lipinski definition) is 0. The number of benzene rings is 1. The fraction of sp³-hybridized carbons (Fsp3) is 0.462. The first kappa shape index (κ1) is 15.5. The van der Waals surface area contributed by atoms with Crippen molar-refractivity contribution in [3.8, 4) is 5.75 Å². The van der Waals surface area contributed by atoms with E-state index in [1.807, 2.05) is 0 Å². The molecule has 0 amide bonds. The molecule has 5 nitrogen and oxygen atoms in total. The van der Waals surface area contributed by atoms with Crippen LogP contribution in [-0.4, -0.2) is 32.9 Å². The Morgan fingerprint density at radius 1 is 1.16 bits per heavy atom. The summed E-state index contributed by atoms with van der Waals surface area (Å²) in [4.78, 5) is 11.6. The summed E-state index contributed by atoms with van der Waals surface area (Å²) in [7, 11) is -3.22. The van der Waals surface area contributed by atoms with Gasteiger partial charge in [-0.3, -0.25) is 0 Å². The lowest BCUT2D eigenvalue weighted by atomic mass is 10.2. The number of carbonyl (C=O) groups is 1. The van der Waals surface area contributed by atoms with Gasteiger partial charge in [-0.05, 0) is 45.0 Å². The molecule has 0 fully saturated rings. The van der Waals surface area contributed by atoms with Crippen LogP contribution in [0.25, 0.3) is 0 Å². The maximum atomic E-state index is 11.4. The van der Waals surface area contributed by atoms with E-state index in [9.17, 15) is 13.2 Å². The zero-order valence-electron chi connectivity index (χ0n) is 11.5. The largest absolute Gasteiger partial charge is 0.482 e. The van der Waals surface area contributed by atoms with Crippen molar-refractivity contribution in [2.24, 2.45) is 0 Å². The molecular weight excluding hydrogens is 268 g/mol. The van der Waals surface area contributed by atoms with Gasteiger partial charge in [-0.1, -0.05) is 0 Å². The third-order valence-corrected chi connectivity index (χ3v) is 3.16. The van der Waals surface area contributed by atoms with Crippen molar-refractivity contribution >= 4 is 15.8 Å². The molecule has 0 spiro atoms. The van der Waals surface area contributed by atoms with Crippen LogP contribution in [0.15, 0.2) is 29.2 Å². The lowest BCUT2D eigenvalue weighted by molar-refractivity contribution is -0.157. The van der Waals surface area contributed by atoms with Gasteiger partial charge in [0, 0.05) is 6.26 Å². The number of carbonyl (C=O) groups excluding carboxylic acids is 1. The van der Waals surface area contributed by atoms with Crippen LogP contribution in [0.1, 0.15) is 20.8 Å². The van der Waals surface area contributed by atoms with Crippen molar-refractivity contribution in [2.75, 3.05) is 12.9 Å². The number of hydrogen-bond acceptors (Lipinski definition) is 5. The fourth-order valence-corrected chi connectivity index (χ4v) is 1.93. The predicted octanol–water partition coefficient (Wildman–Crippen LogP) is 1.81. The number of ether oxygens (including phenoxy) is 2. The molecule has 19 heavy (non-hydrogen) atoms. The zero-order chi connectivity index (χ0) is 14.7. The second-order valence-electron chi connectivity index (χ2n) is 5.12. The van der Waals surface area contributed by atoms with Gasteiger partial charge in [-0.15, -0.1) is 0 Å². The molecule has 0 bridgehead atoms. The Bertz CT molecular complexity index is 537. The van der Waals surface area contributed by atoms with Gasteiger partial charge in [-0.2, -0.15) is 0 Å². The highest BCUT2D eigenvalue weighted by Gasteiger charge is 2.16. The molecule has 106 valence electrons. The Morgan fingerprint density at radius 2 is 1.68 bits per heavy atom. The van der Waals surface area contributed by atoms with E-state index in [1.54, 1.807) is 20.8 Å². The normalized spacial score (nSPS) is 12.0. The quantitative estimate of drug-likeness (QED) is 0.789. The summed E-state index contributed by atoms with van der Waals surface area (Å²) in [5.74, 6) is -0.0575. The summed E-state index contributed by atoms with van der Waals surface area (Å²) in [6.45, 7) is 5.10. The molecule has 1 aromatic rings. The third kappa shape index (κ3) is 5.74. The lowest BCUT2D eigenvalue weighted by Crippen LogP contribution is -2.27. The maximum absolute atomic E-state index is 11.4. The lowest BCUT2D eigenvalue weighted by Gasteiger charge is -2.19. The first-order valence-corrected chi connectivity index (χ1v) is 7.62. The number of rotatable bonds is 4. The molecule has 6 heteroatoms. The molecule has 0 aromatic heterocycles. The van der Waals surface area contributed by atoms with Gasteiger partial charge in [0.2, 0.25) is 0 Å². The van der Waals surface area contributed by atoms with Crippen LogP contribution in [0.3, 0.4) is 0 Å². The van der Waals surface area contributed by atoms with Crippen molar-refractivity contribution in [1.82, 2.24) is 0 Å². The maximum Gasteiger partial charge on any atom is 0.344 e. The van der Waals surface area contributed by atoms with E-state index < -0.39 is 21.4 Å². The molecule has 1 rings (SSSR count). The van der Waals surface area contributed by atoms with E-state index in [2.05, 4.69) is 0 Å². The molecule has 0 aliphatic rings. The summed E-state index contributed by atoms with van der Waals surface area (Å²) in [5.41, 5.74) is -0.555. The average molecular weight is 286 g/mol. The topological polar surface area (TPSA) is 69.7 Å². The Hall–Kier alpha value is -1.56. The second kappa shape index (κ2) is 5.61. The van der Waals surface area contributed by atoms with E-state index in [-0.39, 0.29) is 11.5 Å². The van der Waals surface area contributed by atoms with E-state index in [0.29, 0.717) is 5.75 Å². The van der Waals surface area contributed by atoms with Crippen LogP contribution < -0.4 is 4.74 Å². The third-order valence-electron chi connectivity index (χ3n) is 2.03. The van der Waals surface area contributed by atoms with Gasteiger partial charge in [-0.25, -0.2) is 13.2 Å². The zero-order valence-corrected chi connectivity index (χ0v) is 12.3. The van der Waals surface area contributed by atoms with Gasteiger partial charge in [0.25, 0.3) is 0 Å². The van der Waals surface area contributed by atoms with Crippen molar-refractivity contribution in [2.45, 2.75) is 31.3 Å². The Kier molecular flexibility index (Phi) is 4.57. The van der Waals surface area contributed by atoms with Crippen molar-refractivity contribution < 1.29 is 22.7 Å². The Labute approximate surface area is 113 Å². The van der Waals surface area contributed by atoms with Gasteiger partial charge < -0.3 is 9.47 Å². The van der Waals surface area contributed by atoms with Gasteiger partial charge in [0.15, 0.2) is 16.4 Å². The van der Waals surface area contributed by atoms with E-state index in [1.165, 1.54) is 24.3 Å². The summed E-state index contributed by atoms with van der Waals surface area (Å²) >= 11 is 0. The standard InChI is InChI=1S/C13H18O5S/c1-13(2,3)18-12(14)9-17-10-5-7-11(8-6-10)19(4,15)16/h5-8H,9H2,1-4H3. The number of esters is 1. The average Bonchev–Trinajstić information content (AvgIpc) is 2.23. The summed E-state index contributed by atoms with van der Waals surface area (Å²) < 4.78 is 32.8. The van der Waals surface area contributed by atoms with Gasteiger partial charge in [0.05, 0.1) is 4.90 Å². The molecule has 0 radical (unpaired) electrons. The smallest absolute Gasteiger partial charge is 0.344 e. The fourth-order valence-electron chi connectivity index (χ4n) is 1.30. The highest BCUT2D eigenvalue weighted by molar-refractivity contribution is 7.90. The first-order valence-electron chi connectivity index (χ1n) is 5.73. The summed E-state index contributed by atoms with van der Waals surface area (Å²) in [5, 5.41) is 0. The van der Waals surface area contributed by atoms with Crippen LogP contribution in [0.4, 0.5) is 0 Å². The van der Waals surface area contributed by atoms with E-state index in [4.69, 9.17) is 9.47 Å². The second-order valence-corrected chi connectivity index (χ2v) is 7.13. The molecule has 1 aromatic carbocycles. The van der Waals surface area contributed by atoms with Crippen LogP contribution in [0, 0.1) is 0 Å². The molecule has 0 aliphatic heterocycles. The van der Waals surface area contributed by atoms with Crippen molar-refractivity contribution in [3.05, 3.63) is 24.3 Å². The van der Waals surface area contributed by atoms with E-state index in [0.717, 1.165) is 6.26 Å². The molecule has 0 atom stereocenters. The first-order chi connectivity index (χ1) is 8.58. The van der Waals surface area contributed by atoms with Crippen molar-refractivity contribution in [3.63, 3.8) is 0 Å².